The van der Waals surface area contributed by atoms with Crippen LogP contribution in [0.15, 0.2) is 0 Å². The third kappa shape index (κ3) is 7.24. The molecule has 7 nitrogen and oxygen atoms in total. The van der Waals surface area contributed by atoms with Gasteiger partial charge in [0.05, 0.1) is 13.2 Å². The quantitative estimate of drug-likeness (QED) is 0.413. The second kappa shape index (κ2) is 13.8. The lowest BCUT2D eigenvalue weighted by Gasteiger charge is -2.50. The summed E-state index contributed by atoms with van der Waals surface area (Å²) in [7, 11) is 1.51. The number of ether oxygens (including phenoxy) is 5. The first-order valence-corrected chi connectivity index (χ1v) is 10.4. The van der Waals surface area contributed by atoms with Crippen LogP contribution in [-0.4, -0.2) is 80.6 Å². The topological polar surface area (TPSA) is 86.6 Å². The molecule has 1 fully saturated rings. The third-order valence-electron chi connectivity index (χ3n) is 4.88. The van der Waals surface area contributed by atoms with Crippen molar-refractivity contribution in [3.8, 4) is 0 Å². The third-order valence-corrected chi connectivity index (χ3v) is 4.88. The molecule has 1 rings (SSSR count). The predicted molar refractivity (Wildman–Crippen MR) is 103 cm³/mol. The highest BCUT2D eigenvalue weighted by Gasteiger charge is 2.57. The number of unbranched alkanes of at least 4 members (excludes halogenated alkanes) is 3. The zero-order valence-corrected chi connectivity index (χ0v) is 17.5. The van der Waals surface area contributed by atoms with Crippen molar-refractivity contribution in [1.82, 2.24) is 0 Å². The molecule has 2 unspecified atom stereocenters. The summed E-state index contributed by atoms with van der Waals surface area (Å²) in [6.45, 7) is 7.53. The van der Waals surface area contributed by atoms with E-state index in [1.165, 1.54) is 7.11 Å². The van der Waals surface area contributed by atoms with E-state index in [0.717, 1.165) is 38.5 Å². The Morgan fingerprint density at radius 2 is 1.44 bits per heavy atom. The average Bonchev–Trinajstić information content (AvgIpc) is 2.68. The zero-order valence-electron chi connectivity index (χ0n) is 17.5. The van der Waals surface area contributed by atoms with Crippen LogP contribution >= 0.6 is 0 Å². The average molecular weight is 393 g/mol. The molecule has 0 saturated carbocycles. The highest BCUT2D eigenvalue weighted by molar-refractivity contribution is 5.03. The van der Waals surface area contributed by atoms with Crippen molar-refractivity contribution >= 4 is 0 Å². The SMILES string of the molecule is CCCCOCC1O[C@@H](OC)C(OCCCC)[C@](O)(CO)[C@H]1OCCCC. The Hall–Kier alpha value is -0.280. The van der Waals surface area contributed by atoms with Crippen LogP contribution in [0.3, 0.4) is 0 Å². The van der Waals surface area contributed by atoms with Crippen LogP contribution < -0.4 is 0 Å². The molecule has 2 N–H and O–H groups in total. The maximum absolute atomic E-state index is 11.4. The molecule has 0 aromatic rings. The fraction of sp³-hybridized carbons (Fsp3) is 1.00. The number of hydrogen-bond donors (Lipinski definition) is 2. The van der Waals surface area contributed by atoms with Crippen molar-refractivity contribution in [1.29, 1.82) is 0 Å². The van der Waals surface area contributed by atoms with E-state index in [2.05, 4.69) is 20.8 Å². The molecule has 0 radical (unpaired) electrons. The molecule has 1 aliphatic heterocycles. The van der Waals surface area contributed by atoms with E-state index in [-0.39, 0.29) is 6.61 Å². The van der Waals surface area contributed by atoms with Gasteiger partial charge in [0, 0.05) is 26.9 Å². The van der Waals surface area contributed by atoms with E-state index in [4.69, 9.17) is 23.7 Å². The van der Waals surface area contributed by atoms with E-state index < -0.39 is 36.8 Å². The molecule has 1 aliphatic rings. The van der Waals surface area contributed by atoms with Gasteiger partial charge in [0.2, 0.25) is 0 Å². The standard InChI is InChI=1S/C20H40O7/c1-5-8-11-24-14-16-17(25-12-9-6-2)20(22,15-21)18(19(23-4)27-16)26-13-10-7-3/h16-19,21-22H,5-15H2,1-4H3/t16?,17-,18?,19+,20-/m0/s1. The molecule has 0 spiro atoms. The van der Waals surface area contributed by atoms with E-state index in [1.807, 2.05) is 0 Å². The summed E-state index contributed by atoms with van der Waals surface area (Å²) in [5.41, 5.74) is -1.63. The van der Waals surface area contributed by atoms with Crippen LogP contribution in [0, 0.1) is 0 Å². The zero-order chi connectivity index (χ0) is 20.1. The minimum absolute atomic E-state index is 0.265. The van der Waals surface area contributed by atoms with Gasteiger partial charge in [-0.3, -0.25) is 0 Å². The van der Waals surface area contributed by atoms with Gasteiger partial charge in [-0.05, 0) is 19.3 Å². The molecule has 1 saturated heterocycles. The highest BCUT2D eigenvalue weighted by Crippen LogP contribution is 2.35. The first-order valence-electron chi connectivity index (χ1n) is 10.4. The number of hydrogen-bond acceptors (Lipinski definition) is 7. The molecule has 5 atom stereocenters. The van der Waals surface area contributed by atoms with Gasteiger partial charge in [0.15, 0.2) is 6.29 Å². The summed E-state index contributed by atoms with van der Waals surface area (Å²) in [4.78, 5) is 0. The van der Waals surface area contributed by atoms with E-state index in [1.54, 1.807) is 0 Å². The number of aliphatic hydroxyl groups excluding tert-OH is 1. The Labute approximate surface area is 164 Å². The van der Waals surface area contributed by atoms with Crippen LogP contribution in [-0.2, 0) is 23.7 Å². The first kappa shape index (κ1) is 24.8. The molecule has 162 valence electrons. The second-order valence-corrected chi connectivity index (χ2v) is 7.15. The molecule has 0 amide bonds. The maximum Gasteiger partial charge on any atom is 0.186 e. The molecule has 1 heterocycles. The van der Waals surface area contributed by atoms with Gasteiger partial charge in [0.1, 0.15) is 23.9 Å². The Kier molecular flexibility index (Phi) is 12.7. The molecular weight excluding hydrogens is 352 g/mol. The summed E-state index contributed by atoms with van der Waals surface area (Å²) in [5.74, 6) is 0. The second-order valence-electron chi connectivity index (χ2n) is 7.15. The van der Waals surface area contributed by atoms with Gasteiger partial charge < -0.3 is 33.9 Å². The Balaban J connectivity index is 2.95. The molecule has 27 heavy (non-hydrogen) atoms. The summed E-state index contributed by atoms with van der Waals surface area (Å²) in [6, 6.07) is 0. The lowest BCUT2D eigenvalue weighted by molar-refractivity contribution is -0.348. The number of methoxy groups -OCH3 is 1. The van der Waals surface area contributed by atoms with Crippen LogP contribution in [0.4, 0.5) is 0 Å². The van der Waals surface area contributed by atoms with Crippen LogP contribution in [0.2, 0.25) is 0 Å². The Morgan fingerprint density at radius 3 is 1.96 bits per heavy atom. The van der Waals surface area contributed by atoms with E-state index >= 15 is 0 Å². The minimum atomic E-state index is -1.63. The number of rotatable bonds is 15. The maximum atomic E-state index is 11.4. The molecule has 7 heteroatoms. The van der Waals surface area contributed by atoms with Crippen LogP contribution in [0.1, 0.15) is 59.3 Å². The summed E-state index contributed by atoms with van der Waals surface area (Å²) >= 11 is 0. The van der Waals surface area contributed by atoms with Crippen LogP contribution in [0.25, 0.3) is 0 Å². The largest absolute Gasteiger partial charge is 0.393 e. The summed E-state index contributed by atoms with van der Waals surface area (Å²) in [5, 5.41) is 21.4. The molecule has 0 bridgehead atoms. The van der Waals surface area contributed by atoms with Gasteiger partial charge in [0.25, 0.3) is 0 Å². The van der Waals surface area contributed by atoms with Gasteiger partial charge in [-0.15, -0.1) is 0 Å². The smallest absolute Gasteiger partial charge is 0.186 e. The molecule has 0 aromatic carbocycles. The van der Waals surface area contributed by atoms with Crippen molar-refractivity contribution in [2.45, 2.75) is 89.5 Å². The van der Waals surface area contributed by atoms with Crippen molar-refractivity contribution < 1.29 is 33.9 Å². The minimum Gasteiger partial charge on any atom is -0.393 e. The number of aliphatic hydroxyl groups is 2. The lowest BCUT2D eigenvalue weighted by Crippen LogP contribution is -2.70. The fourth-order valence-corrected chi connectivity index (χ4v) is 3.15. The van der Waals surface area contributed by atoms with Gasteiger partial charge in [-0.2, -0.15) is 0 Å². The van der Waals surface area contributed by atoms with Gasteiger partial charge in [-0.25, -0.2) is 0 Å². The van der Waals surface area contributed by atoms with Crippen molar-refractivity contribution in [2.75, 3.05) is 40.1 Å². The van der Waals surface area contributed by atoms with Crippen molar-refractivity contribution in [3.63, 3.8) is 0 Å². The van der Waals surface area contributed by atoms with Crippen molar-refractivity contribution in [3.05, 3.63) is 0 Å². The monoisotopic (exact) mass is 392 g/mol. The lowest BCUT2D eigenvalue weighted by atomic mass is 9.84. The normalized spacial score (nSPS) is 31.3. The van der Waals surface area contributed by atoms with Crippen molar-refractivity contribution in [2.24, 2.45) is 0 Å². The Bertz CT molecular complexity index is 368. The summed E-state index contributed by atoms with van der Waals surface area (Å²) in [6.07, 6.45) is 2.69. The van der Waals surface area contributed by atoms with Crippen LogP contribution in [0.5, 0.6) is 0 Å². The molecule has 0 aliphatic carbocycles. The van der Waals surface area contributed by atoms with E-state index in [9.17, 15) is 10.2 Å². The molecule has 0 aromatic heterocycles. The Morgan fingerprint density at radius 1 is 0.889 bits per heavy atom. The first-order chi connectivity index (χ1) is 13.1. The predicted octanol–water partition coefficient (Wildman–Crippen LogP) is 2.27. The molecular formula is C20H40O7. The fourth-order valence-electron chi connectivity index (χ4n) is 3.15. The van der Waals surface area contributed by atoms with Gasteiger partial charge >= 0.3 is 0 Å². The van der Waals surface area contributed by atoms with E-state index in [0.29, 0.717) is 19.8 Å². The highest BCUT2D eigenvalue weighted by atomic mass is 16.7. The summed E-state index contributed by atoms with van der Waals surface area (Å²) < 4.78 is 29.0. The van der Waals surface area contributed by atoms with Gasteiger partial charge in [-0.1, -0.05) is 40.0 Å².